The number of hydrogen-bond acceptors (Lipinski definition) is 5. The van der Waals surface area contributed by atoms with Crippen LogP contribution in [0.5, 0.6) is 5.75 Å². The van der Waals surface area contributed by atoms with E-state index < -0.39 is 0 Å². The van der Waals surface area contributed by atoms with Crippen molar-refractivity contribution in [2.75, 3.05) is 13.7 Å². The summed E-state index contributed by atoms with van der Waals surface area (Å²) in [6.45, 7) is 6.22. The van der Waals surface area contributed by atoms with Gasteiger partial charge < -0.3 is 19.9 Å². The number of rotatable bonds is 9. The van der Waals surface area contributed by atoms with Gasteiger partial charge in [0.25, 0.3) is 0 Å². The molecular weight excluding hydrogens is 396 g/mol. The summed E-state index contributed by atoms with van der Waals surface area (Å²) in [6.07, 6.45) is 0.995. The van der Waals surface area contributed by atoms with E-state index in [1.807, 2.05) is 30.7 Å². The maximum Gasteiger partial charge on any atom is 0.192 e. The quantitative estimate of drug-likeness (QED) is 0.404. The van der Waals surface area contributed by atoms with Crippen LogP contribution in [0.25, 0.3) is 0 Å². The molecule has 0 aliphatic heterocycles. The monoisotopic (exact) mass is 426 g/mol. The van der Waals surface area contributed by atoms with Gasteiger partial charge in [0.05, 0.1) is 13.7 Å². The van der Waals surface area contributed by atoms with E-state index in [2.05, 4.69) is 57.4 Å². The van der Waals surface area contributed by atoms with Crippen LogP contribution >= 0.6 is 11.3 Å². The van der Waals surface area contributed by atoms with Gasteiger partial charge in [0.2, 0.25) is 0 Å². The molecule has 1 unspecified atom stereocenters. The highest BCUT2D eigenvalue weighted by Crippen LogP contribution is 2.21. The van der Waals surface area contributed by atoms with E-state index in [0.29, 0.717) is 12.5 Å². The van der Waals surface area contributed by atoms with Crippen molar-refractivity contribution >= 4 is 17.3 Å². The molecule has 7 nitrogen and oxygen atoms in total. The smallest absolute Gasteiger partial charge is 0.192 e. The van der Waals surface area contributed by atoms with Gasteiger partial charge in [-0.3, -0.25) is 0 Å². The summed E-state index contributed by atoms with van der Waals surface area (Å²) in [5.41, 5.74) is 1.30. The van der Waals surface area contributed by atoms with Crippen LogP contribution in [-0.2, 0) is 20.1 Å². The summed E-state index contributed by atoms with van der Waals surface area (Å²) in [5, 5.41) is 17.3. The largest absolute Gasteiger partial charge is 0.497 e. The van der Waals surface area contributed by atoms with E-state index in [1.54, 1.807) is 18.4 Å². The molecule has 2 aromatic heterocycles. The van der Waals surface area contributed by atoms with E-state index >= 15 is 0 Å². The minimum atomic E-state index is 0.434. The van der Waals surface area contributed by atoms with Crippen molar-refractivity contribution in [1.82, 2.24) is 25.4 Å². The summed E-state index contributed by atoms with van der Waals surface area (Å²) in [7, 11) is 3.65. The first-order chi connectivity index (χ1) is 14.6. The third kappa shape index (κ3) is 6.06. The average Bonchev–Trinajstić information content (AvgIpc) is 3.40. The number of hydrogen-bond donors (Lipinski definition) is 2. The Morgan fingerprint density at radius 3 is 2.63 bits per heavy atom. The van der Waals surface area contributed by atoms with E-state index in [1.165, 1.54) is 10.4 Å². The summed E-state index contributed by atoms with van der Waals surface area (Å²) in [6, 6.07) is 12.5. The van der Waals surface area contributed by atoms with E-state index in [4.69, 9.17) is 9.73 Å². The molecule has 8 heteroatoms. The van der Waals surface area contributed by atoms with Gasteiger partial charge in [-0.15, -0.1) is 21.5 Å². The summed E-state index contributed by atoms with van der Waals surface area (Å²) >= 11 is 1.73. The van der Waals surface area contributed by atoms with Crippen LogP contribution in [0.3, 0.4) is 0 Å². The summed E-state index contributed by atoms with van der Waals surface area (Å²) in [5.74, 6) is 3.83. The fourth-order valence-corrected chi connectivity index (χ4v) is 3.65. The number of methoxy groups -OCH3 is 1. The van der Waals surface area contributed by atoms with Gasteiger partial charge in [-0.25, -0.2) is 4.99 Å². The SMILES string of the molecule is COc1ccc(C(C)CCNC(=NCc2nnc(C)n2C)NCc2cccs2)cc1. The summed E-state index contributed by atoms with van der Waals surface area (Å²) in [4.78, 5) is 5.99. The van der Waals surface area contributed by atoms with E-state index in [0.717, 1.165) is 42.9 Å². The molecule has 0 aliphatic rings. The second-order valence-corrected chi connectivity index (χ2v) is 8.24. The summed E-state index contributed by atoms with van der Waals surface area (Å²) < 4.78 is 7.21. The van der Waals surface area contributed by atoms with Crippen LogP contribution in [-0.4, -0.2) is 34.4 Å². The van der Waals surface area contributed by atoms with Gasteiger partial charge in [-0.1, -0.05) is 25.1 Å². The molecule has 0 fully saturated rings. The van der Waals surface area contributed by atoms with Gasteiger partial charge in [-0.2, -0.15) is 0 Å². The van der Waals surface area contributed by atoms with Crippen molar-refractivity contribution in [2.24, 2.45) is 12.0 Å². The minimum absolute atomic E-state index is 0.434. The molecule has 1 aromatic carbocycles. The van der Waals surface area contributed by atoms with Gasteiger partial charge >= 0.3 is 0 Å². The number of aliphatic imine (C=N–C) groups is 1. The lowest BCUT2D eigenvalue weighted by Gasteiger charge is -2.16. The Labute approximate surface area is 182 Å². The molecule has 3 rings (SSSR count). The molecule has 0 spiro atoms. The Kier molecular flexibility index (Phi) is 7.84. The first-order valence-electron chi connectivity index (χ1n) is 10.1. The Balaban J connectivity index is 1.57. The minimum Gasteiger partial charge on any atom is -0.497 e. The number of thiophene rings is 1. The number of guanidine groups is 1. The zero-order valence-electron chi connectivity index (χ0n) is 18.1. The average molecular weight is 427 g/mol. The second-order valence-electron chi connectivity index (χ2n) is 7.21. The maximum atomic E-state index is 5.25. The van der Waals surface area contributed by atoms with Crippen LogP contribution < -0.4 is 15.4 Å². The number of benzene rings is 1. The molecule has 0 amide bonds. The van der Waals surface area contributed by atoms with Crippen molar-refractivity contribution in [3.63, 3.8) is 0 Å². The van der Waals surface area contributed by atoms with Gasteiger partial charge in [0, 0.05) is 18.5 Å². The highest BCUT2D eigenvalue weighted by Gasteiger charge is 2.08. The number of nitrogens with one attached hydrogen (secondary N) is 2. The Hall–Kier alpha value is -2.87. The number of ether oxygens (including phenoxy) is 1. The molecule has 0 bridgehead atoms. The van der Waals surface area contributed by atoms with Crippen LogP contribution in [0.2, 0.25) is 0 Å². The van der Waals surface area contributed by atoms with Gasteiger partial charge in [0.1, 0.15) is 18.1 Å². The fraction of sp³-hybridized carbons (Fsp3) is 0.409. The highest BCUT2D eigenvalue weighted by molar-refractivity contribution is 7.09. The molecule has 0 aliphatic carbocycles. The molecule has 160 valence electrons. The number of aryl methyl sites for hydroxylation is 1. The Morgan fingerprint density at radius 2 is 2.00 bits per heavy atom. The van der Waals surface area contributed by atoms with Crippen LogP contribution in [0.1, 0.15) is 41.4 Å². The van der Waals surface area contributed by atoms with Crippen molar-refractivity contribution in [2.45, 2.75) is 39.3 Å². The van der Waals surface area contributed by atoms with Crippen molar-refractivity contribution < 1.29 is 4.74 Å². The normalized spacial score (nSPS) is 12.6. The number of aromatic nitrogens is 3. The van der Waals surface area contributed by atoms with Crippen LogP contribution in [0, 0.1) is 6.92 Å². The van der Waals surface area contributed by atoms with Gasteiger partial charge in [-0.05, 0) is 48.4 Å². The van der Waals surface area contributed by atoms with E-state index in [9.17, 15) is 0 Å². The van der Waals surface area contributed by atoms with Crippen molar-refractivity contribution in [3.8, 4) is 5.75 Å². The lowest BCUT2D eigenvalue weighted by molar-refractivity contribution is 0.414. The molecule has 0 saturated heterocycles. The molecule has 2 N–H and O–H groups in total. The van der Waals surface area contributed by atoms with Crippen molar-refractivity contribution in [3.05, 3.63) is 63.9 Å². The van der Waals surface area contributed by atoms with E-state index in [-0.39, 0.29) is 0 Å². The van der Waals surface area contributed by atoms with Crippen LogP contribution in [0.4, 0.5) is 0 Å². The lowest BCUT2D eigenvalue weighted by Crippen LogP contribution is -2.37. The molecule has 3 aromatic rings. The number of nitrogens with zero attached hydrogens (tertiary/aromatic N) is 4. The Bertz CT molecular complexity index is 933. The zero-order valence-corrected chi connectivity index (χ0v) is 18.9. The predicted octanol–water partition coefficient (Wildman–Crippen LogP) is 3.62. The third-order valence-corrected chi connectivity index (χ3v) is 6.00. The lowest BCUT2D eigenvalue weighted by atomic mass is 9.98. The molecule has 2 heterocycles. The predicted molar refractivity (Wildman–Crippen MR) is 122 cm³/mol. The van der Waals surface area contributed by atoms with Gasteiger partial charge in [0.15, 0.2) is 11.8 Å². The molecule has 30 heavy (non-hydrogen) atoms. The second kappa shape index (κ2) is 10.8. The fourth-order valence-electron chi connectivity index (χ4n) is 3.00. The first-order valence-corrected chi connectivity index (χ1v) is 11.0. The first kappa shape index (κ1) is 21.8. The maximum absolute atomic E-state index is 5.25. The topological polar surface area (TPSA) is 76.4 Å². The van der Waals surface area contributed by atoms with Crippen LogP contribution in [0.15, 0.2) is 46.8 Å². The van der Waals surface area contributed by atoms with Crippen molar-refractivity contribution in [1.29, 1.82) is 0 Å². The molecule has 0 saturated carbocycles. The standard InChI is InChI=1S/C22H30N6OS/c1-16(18-7-9-19(29-4)10-8-18)11-12-23-22(24-14-20-6-5-13-30-20)25-15-21-27-26-17(2)28(21)3/h5-10,13,16H,11-12,14-15H2,1-4H3,(H2,23,24,25). The third-order valence-electron chi connectivity index (χ3n) is 5.13. The molecular formula is C22H30N6OS. The molecule has 0 radical (unpaired) electrons. The Morgan fingerprint density at radius 1 is 1.20 bits per heavy atom. The zero-order chi connectivity index (χ0) is 21.3. The molecule has 1 atom stereocenters. The highest BCUT2D eigenvalue weighted by atomic mass is 32.1.